The van der Waals surface area contributed by atoms with Crippen molar-refractivity contribution in [1.82, 2.24) is 9.97 Å². The zero-order chi connectivity index (χ0) is 13.9. The number of anilines is 1. The number of halogens is 1. The van der Waals surface area contributed by atoms with Crippen LogP contribution >= 0.6 is 15.9 Å². The Hall–Kier alpha value is -1.42. The summed E-state index contributed by atoms with van der Waals surface area (Å²) in [5.41, 5.74) is 2.87. The fraction of sp³-hybridized carbons (Fsp3) is 0.375. The fourth-order valence-electron chi connectivity index (χ4n) is 2.78. The summed E-state index contributed by atoms with van der Waals surface area (Å²) in [6.45, 7) is 2.07. The molecule has 4 heteroatoms. The maximum Gasteiger partial charge on any atom is 0.131 e. The van der Waals surface area contributed by atoms with Crippen molar-refractivity contribution in [1.29, 1.82) is 0 Å². The third kappa shape index (κ3) is 2.85. The number of hydrogen-bond acceptors (Lipinski definition) is 3. The number of nitrogens with one attached hydrogen (secondary N) is 1. The highest BCUT2D eigenvalue weighted by molar-refractivity contribution is 9.10. The summed E-state index contributed by atoms with van der Waals surface area (Å²) in [5, 5.41) is 3.57. The van der Waals surface area contributed by atoms with Crippen molar-refractivity contribution in [2.45, 2.75) is 38.6 Å². The van der Waals surface area contributed by atoms with Gasteiger partial charge in [-0.05, 0) is 46.3 Å². The molecule has 0 amide bonds. The SMILES string of the molecule is CCc1nc(Br)cc(NC2CCCc3ccccc32)n1. The van der Waals surface area contributed by atoms with E-state index in [0.29, 0.717) is 6.04 Å². The molecule has 0 fully saturated rings. The average Bonchev–Trinajstić information content (AvgIpc) is 2.47. The lowest BCUT2D eigenvalue weighted by Crippen LogP contribution is -2.18. The second-order valence-electron chi connectivity index (χ2n) is 5.13. The van der Waals surface area contributed by atoms with E-state index < -0.39 is 0 Å². The van der Waals surface area contributed by atoms with Gasteiger partial charge in [-0.1, -0.05) is 31.2 Å². The molecule has 1 aliphatic rings. The molecule has 1 heterocycles. The number of nitrogens with zero attached hydrogens (tertiary/aromatic N) is 2. The van der Waals surface area contributed by atoms with E-state index in [0.717, 1.165) is 29.1 Å². The third-order valence-corrected chi connectivity index (χ3v) is 4.16. The van der Waals surface area contributed by atoms with Gasteiger partial charge in [0.1, 0.15) is 16.2 Å². The van der Waals surface area contributed by atoms with Crippen LogP contribution in [0.5, 0.6) is 0 Å². The van der Waals surface area contributed by atoms with Crippen LogP contribution in [-0.4, -0.2) is 9.97 Å². The maximum absolute atomic E-state index is 4.57. The minimum Gasteiger partial charge on any atom is -0.363 e. The summed E-state index contributed by atoms with van der Waals surface area (Å²) in [6.07, 6.45) is 4.40. The van der Waals surface area contributed by atoms with Crippen molar-refractivity contribution in [3.8, 4) is 0 Å². The predicted molar refractivity (Wildman–Crippen MR) is 84.9 cm³/mol. The number of benzene rings is 1. The van der Waals surface area contributed by atoms with Crippen LogP contribution < -0.4 is 5.32 Å². The van der Waals surface area contributed by atoms with Gasteiger partial charge in [0.15, 0.2) is 0 Å². The summed E-state index contributed by atoms with van der Waals surface area (Å²) in [5.74, 6) is 1.77. The highest BCUT2D eigenvalue weighted by atomic mass is 79.9. The molecule has 20 heavy (non-hydrogen) atoms. The maximum atomic E-state index is 4.57. The monoisotopic (exact) mass is 331 g/mol. The van der Waals surface area contributed by atoms with E-state index in [1.807, 2.05) is 6.07 Å². The van der Waals surface area contributed by atoms with Crippen LogP contribution in [0.2, 0.25) is 0 Å². The molecule has 1 aromatic carbocycles. The first kappa shape index (κ1) is 13.6. The number of fused-ring (bicyclic) bond motifs is 1. The highest BCUT2D eigenvalue weighted by Gasteiger charge is 2.20. The molecule has 1 aromatic heterocycles. The second-order valence-corrected chi connectivity index (χ2v) is 5.95. The first-order chi connectivity index (χ1) is 9.76. The standard InChI is InChI=1S/C16H18BrN3/c1-2-15-19-14(17)10-16(20-15)18-13-9-5-7-11-6-3-4-8-12(11)13/h3-4,6,8,10,13H,2,5,7,9H2,1H3,(H,18,19,20). The van der Waals surface area contributed by atoms with Gasteiger partial charge >= 0.3 is 0 Å². The highest BCUT2D eigenvalue weighted by Crippen LogP contribution is 2.32. The molecule has 0 saturated carbocycles. The summed E-state index contributed by atoms with van der Waals surface area (Å²) >= 11 is 3.46. The predicted octanol–water partition coefficient (Wildman–Crippen LogP) is 4.29. The van der Waals surface area contributed by atoms with Crippen molar-refractivity contribution in [2.24, 2.45) is 0 Å². The molecule has 1 aliphatic carbocycles. The van der Waals surface area contributed by atoms with Gasteiger partial charge in [-0.15, -0.1) is 0 Å². The lowest BCUT2D eigenvalue weighted by molar-refractivity contribution is 0.598. The number of rotatable bonds is 3. The van der Waals surface area contributed by atoms with Gasteiger partial charge in [-0.2, -0.15) is 0 Å². The molecule has 1 atom stereocenters. The van der Waals surface area contributed by atoms with E-state index >= 15 is 0 Å². The Labute approximate surface area is 128 Å². The van der Waals surface area contributed by atoms with Crippen molar-refractivity contribution in [3.63, 3.8) is 0 Å². The number of hydrogen-bond donors (Lipinski definition) is 1. The summed E-state index contributed by atoms with van der Waals surface area (Å²) in [6, 6.07) is 11.0. The molecule has 2 aromatic rings. The van der Waals surface area contributed by atoms with Gasteiger partial charge in [0.2, 0.25) is 0 Å². The molecule has 1 N–H and O–H groups in total. The van der Waals surface area contributed by atoms with E-state index in [2.05, 4.69) is 62.4 Å². The Balaban J connectivity index is 1.87. The molecule has 0 aliphatic heterocycles. The minimum absolute atomic E-state index is 0.353. The van der Waals surface area contributed by atoms with Gasteiger partial charge in [-0.25, -0.2) is 9.97 Å². The van der Waals surface area contributed by atoms with Crippen molar-refractivity contribution in [2.75, 3.05) is 5.32 Å². The summed E-state index contributed by atoms with van der Waals surface area (Å²) in [7, 11) is 0. The van der Waals surface area contributed by atoms with Crippen LogP contribution in [0.25, 0.3) is 0 Å². The Morgan fingerprint density at radius 2 is 2.15 bits per heavy atom. The number of aromatic nitrogens is 2. The van der Waals surface area contributed by atoms with Crippen molar-refractivity contribution >= 4 is 21.7 Å². The first-order valence-corrected chi connectivity index (χ1v) is 7.93. The van der Waals surface area contributed by atoms with Crippen molar-refractivity contribution < 1.29 is 0 Å². The molecule has 1 unspecified atom stereocenters. The second kappa shape index (κ2) is 5.92. The zero-order valence-electron chi connectivity index (χ0n) is 11.6. The lowest BCUT2D eigenvalue weighted by Gasteiger charge is -2.26. The first-order valence-electron chi connectivity index (χ1n) is 7.14. The molecule has 0 saturated heterocycles. The van der Waals surface area contributed by atoms with E-state index in [-0.39, 0.29) is 0 Å². The van der Waals surface area contributed by atoms with E-state index in [9.17, 15) is 0 Å². The molecular weight excluding hydrogens is 314 g/mol. The summed E-state index contributed by atoms with van der Waals surface area (Å²) in [4.78, 5) is 8.92. The van der Waals surface area contributed by atoms with E-state index in [4.69, 9.17) is 0 Å². The Bertz CT molecular complexity index is 612. The molecular formula is C16H18BrN3. The van der Waals surface area contributed by atoms with E-state index in [1.165, 1.54) is 24.0 Å². The Morgan fingerprint density at radius 3 is 3.00 bits per heavy atom. The largest absolute Gasteiger partial charge is 0.363 e. The quantitative estimate of drug-likeness (QED) is 0.852. The van der Waals surface area contributed by atoms with Gasteiger partial charge in [-0.3, -0.25) is 0 Å². The van der Waals surface area contributed by atoms with Crippen LogP contribution in [0, 0.1) is 0 Å². The Kier molecular flexibility index (Phi) is 4.01. The zero-order valence-corrected chi connectivity index (χ0v) is 13.2. The van der Waals surface area contributed by atoms with Crippen molar-refractivity contribution in [3.05, 3.63) is 51.9 Å². The molecule has 3 rings (SSSR count). The molecule has 0 bridgehead atoms. The average molecular weight is 332 g/mol. The minimum atomic E-state index is 0.353. The lowest BCUT2D eigenvalue weighted by atomic mass is 9.88. The van der Waals surface area contributed by atoms with Gasteiger partial charge in [0.05, 0.1) is 6.04 Å². The molecule has 0 spiro atoms. The van der Waals surface area contributed by atoms with Gasteiger partial charge in [0.25, 0.3) is 0 Å². The fourth-order valence-corrected chi connectivity index (χ4v) is 3.20. The van der Waals surface area contributed by atoms with Crippen LogP contribution in [0.4, 0.5) is 5.82 Å². The molecule has 3 nitrogen and oxygen atoms in total. The van der Waals surface area contributed by atoms with Gasteiger partial charge in [0, 0.05) is 12.5 Å². The van der Waals surface area contributed by atoms with Crippen LogP contribution in [0.1, 0.15) is 42.8 Å². The van der Waals surface area contributed by atoms with Gasteiger partial charge < -0.3 is 5.32 Å². The van der Waals surface area contributed by atoms with Crippen LogP contribution in [0.3, 0.4) is 0 Å². The van der Waals surface area contributed by atoms with E-state index in [1.54, 1.807) is 0 Å². The Morgan fingerprint density at radius 1 is 1.30 bits per heavy atom. The van der Waals surface area contributed by atoms with Crippen LogP contribution in [0.15, 0.2) is 34.9 Å². The normalized spacial score (nSPS) is 17.6. The van der Waals surface area contributed by atoms with Crippen LogP contribution in [-0.2, 0) is 12.8 Å². The smallest absolute Gasteiger partial charge is 0.131 e. The number of aryl methyl sites for hydroxylation is 2. The third-order valence-electron chi connectivity index (χ3n) is 3.75. The molecule has 104 valence electrons. The molecule has 0 radical (unpaired) electrons. The topological polar surface area (TPSA) is 37.8 Å². The summed E-state index contributed by atoms with van der Waals surface area (Å²) < 4.78 is 0.843.